The van der Waals surface area contributed by atoms with Crippen LogP contribution in [-0.2, 0) is 23.8 Å². The summed E-state index contributed by atoms with van der Waals surface area (Å²) >= 11 is 1.25. The first kappa shape index (κ1) is 24.3. The largest absolute Gasteiger partial charge is 0.512 e. The van der Waals surface area contributed by atoms with E-state index in [0.29, 0.717) is 30.6 Å². The maximum Gasteiger partial charge on any atom is 0.419 e. The molecule has 0 saturated heterocycles. The van der Waals surface area contributed by atoms with Crippen LogP contribution in [0.1, 0.15) is 60.9 Å². The molecule has 4 nitrogen and oxygen atoms in total. The lowest BCUT2D eigenvalue weighted by atomic mass is 9.79. The number of aromatic nitrogens is 2. The van der Waals surface area contributed by atoms with E-state index >= 15 is 0 Å². The molecule has 0 saturated carbocycles. The number of hydrogen-bond donors (Lipinski definition) is 1. The number of halogens is 3. The van der Waals surface area contributed by atoms with Gasteiger partial charge in [0, 0.05) is 31.0 Å². The van der Waals surface area contributed by atoms with Gasteiger partial charge in [-0.3, -0.25) is 4.79 Å². The van der Waals surface area contributed by atoms with Gasteiger partial charge in [-0.2, -0.15) is 13.2 Å². The molecule has 1 unspecified atom stereocenters. The number of allylic oxidation sites excluding steroid dienone is 2. The van der Waals surface area contributed by atoms with Gasteiger partial charge < -0.3 is 5.11 Å². The van der Waals surface area contributed by atoms with Crippen molar-refractivity contribution in [1.29, 1.82) is 0 Å². The Bertz CT molecular complexity index is 992. The van der Waals surface area contributed by atoms with Crippen molar-refractivity contribution in [2.45, 2.75) is 64.2 Å². The number of aliphatic hydroxyl groups is 1. The molecule has 0 amide bonds. The van der Waals surface area contributed by atoms with Crippen LogP contribution in [0.3, 0.4) is 0 Å². The summed E-state index contributed by atoms with van der Waals surface area (Å²) in [7, 11) is 0. The molecule has 3 rings (SSSR count). The lowest BCUT2D eigenvalue weighted by Gasteiger charge is -2.26. The Morgan fingerprint density at radius 1 is 1.09 bits per heavy atom. The monoisotopic (exact) mass is 464 g/mol. The number of aliphatic hydroxyl groups excluding tert-OH is 1. The van der Waals surface area contributed by atoms with Gasteiger partial charge in [0.05, 0.1) is 11.1 Å². The van der Waals surface area contributed by atoms with Gasteiger partial charge in [0.2, 0.25) is 0 Å². The van der Waals surface area contributed by atoms with Crippen LogP contribution in [0.4, 0.5) is 13.2 Å². The van der Waals surface area contributed by atoms with E-state index < -0.39 is 11.7 Å². The zero-order valence-corrected chi connectivity index (χ0v) is 19.2. The average molecular weight is 465 g/mol. The third-order valence-corrected chi connectivity index (χ3v) is 6.60. The fraction of sp³-hybridized carbons (Fsp3) is 0.458. The molecule has 0 spiro atoms. The molecule has 1 heterocycles. The number of alkyl halides is 3. The normalized spacial score (nSPS) is 17.2. The summed E-state index contributed by atoms with van der Waals surface area (Å²) in [4.78, 5) is 20.6. The predicted molar refractivity (Wildman–Crippen MR) is 120 cm³/mol. The number of carbonyl (C=O) groups excluding carboxylic acids is 1. The van der Waals surface area contributed by atoms with Crippen LogP contribution in [-0.4, -0.2) is 26.6 Å². The average Bonchev–Trinajstić information content (AvgIpc) is 2.73. The van der Waals surface area contributed by atoms with Crippen molar-refractivity contribution in [2.75, 3.05) is 5.75 Å². The van der Waals surface area contributed by atoms with Crippen LogP contribution in [0.15, 0.2) is 35.4 Å². The predicted octanol–water partition coefficient (Wildman–Crippen LogP) is 6.36. The van der Waals surface area contributed by atoms with Gasteiger partial charge in [0.15, 0.2) is 10.9 Å². The van der Waals surface area contributed by atoms with Gasteiger partial charge in [0.1, 0.15) is 5.76 Å². The molecule has 0 aliphatic heterocycles. The molecule has 1 atom stereocenters. The van der Waals surface area contributed by atoms with Crippen LogP contribution >= 0.6 is 11.8 Å². The van der Waals surface area contributed by atoms with Crippen molar-refractivity contribution in [3.63, 3.8) is 0 Å². The molecular formula is C24H27F3N2O2S. The number of carbonyl (C=O) groups is 1. The smallest absolute Gasteiger partial charge is 0.419 e. The highest BCUT2D eigenvalue weighted by molar-refractivity contribution is 7.99. The van der Waals surface area contributed by atoms with Crippen LogP contribution in [0.25, 0.3) is 5.57 Å². The van der Waals surface area contributed by atoms with Gasteiger partial charge >= 0.3 is 6.18 Å². The van der Waals surface area contributed by atoms with E-state index in [1.54, 1.807) is 0 Å². The molecule has 1 aliphatic carbocycles. The van der Waals surface area contributed by atoms with Crippen molar-refractivity contribution in [3.05, 3.63) is 58.1 Å². The Morgan fingerprint density at radius 2 is 1.69 bits per heavy atom. The van der Waals surface area contributed by atoms with Gasteiger partial charge in [-0.15, -0.1) is 0 Å². The van der Waals surface area contributed by atoms with Crippen molar-refractivity contribution in [3.8, 4) is 0 Å². The molecule has 0 bridgehead atoms. The van der Waals surface area contributed by atoms with Gasteiger partial charge in [-0.1, -0.05) is 43.3 Å². The molecule has 8 heteroatoms. The van der Waals surface area contributed by atoms with E-state index in [4.69, 9.17) is 0 Å². The van der Waals surface area contributed by atoms with Gasteiger partial charge in [-0.25, -0.2) is 9.97 Å². The van der Waals surface area contributed by atoms with E-state index in [1.165, 1.54) is 11.8 Å². The van der Waals surface area contributed by atoms with Gasteiger partial charge in [0.25, 0.3) is 0 Å². The molecule has 0 radical (unpaired) electrons. The second kappa shape index (κ2) is 10.1. The maximum atomic E-state index is 13.0. The number of rotatable bonds is 7. The molecule has 1 N–H and O–H groups in total. The lowest BCUT2D eigenvalue weighted by molar-refractivity contribution is -0.138. The van der Waals surface area contributed by atoms with Crippen molar-refractivity contribution < 1.29 is 23.1 Å². The van der Waals surface area contributed by atoms with E-state index in [9.17, 15) is 23.1 Å². The third kappa shape index (κ3) is 5.52. The molecule has 0 fully saturated rings. The molecule has 32 heavy (non-hydrogen) atoms. The van der Waals surface area contributed by atoms with Crippen molar-refractivity contribution in [1.82, 2.24) is 9.97 Å². The van der Waals surface area contributed by atoms with E-state index in [-0.39, 0.29) is 22.6 Å². The first-order valence-corrected chi connectivity index (χ1v) is 11.7. The first-order chi connectivity index (χ1) is 15.1. The minimum absolute atomic E-state index is 0.0196. The number of nitrogens with zero attached hydrogens (tertiary/aromatic N) is 2. The SMILES string of the molecule is CCc1cc(C)cc(CC)c1C1=C(O)CC(CCSc2ncc(C(F)(F)F)cn2)CC1=O. The Labute approximate surface area is 190 Å². The quantitative estimate of drug-likeness (QED) is 0.382. The summed E-state index contributed by atoms with van der Waals surface area (Å²) < 4.78 is 37.8. The van der Waals surface area contributed by atoms with E-state index in [2.05, 4.69) is 22.1 Å². The van der Waals surface area contributed by atoms with E-state index in [1.807, 2.05) is 20.8 Å². The number of Topliss-reactive ketones (excluding diaryl/α,β-unsaturated/α-hetero) is 1. The Balaban J connectivity index is 1.69. The number of ketones is 1. The number of hydrogen-bond acceptors (Lipinski definition) is 5. The Hall–Kier alpha value is -2.35. The molecule has 1 aliphatic rings. The summed E-state index contributed by atoms with van der Waals surface area (Å²) in [6, 6.07) is 4.16. The van der Waals surface area contributed by atoms with E-state index in [0.717, 1.165) is 47.5 Å². The first-order valence-electron chi connectivity index (χ1n) is 10.7. The lowest BCUT2D eigenvalue weighted by Crippen LogP contribution is -2.21. The zero-order valence-electron chi connectivity index (χ0n) is 18.4. The summed E-state index contributed by atoms with van der Waals surface area (Å²) in [6.07, 6.45) is 0.0382. The summed E-state index contributed by atoms with van der Waals surface area (Å²) in [5.41, 5.74) is 3.75. The van der Waals surface area contributed by atoms with Crippen molar-refractivity contribution in [2.24, 2.45) is 5.92 Å². The van der Waals surface area contributed by atoms with Crippen LogP contribution < -0.4 is 0 Å². The second-order valence-electron chi connectivity index (χ2n) is 8.07. The minimum Gasteiger partial charge on any atom is -0.512 e. The highest BCUT2D eigenvalue weighted by Crippen LogP contribution is 2.38. The van der Waals surface area contributed by atoms with Crippen LogP contribution in [0, 0.1) is 12.8 Å². The minimum atomic E-state index is -4.46. The zero-order chi connectivity index (χ0) is 23.5. The summed E-state index contributed by atoms with van der Waals surface area (Å²) in [6.45, 7) is 6.13. The molecule has 172 valence electrons. The Kier molecular flexibility index (Phi) is 7.64. The summed E-state index contributed by atoms with van der Waals surface area (Å²) in [5.74, 6) is 0.614. The second-order valence-corrected chi connectivity index (χ2v) is 9.14. The summed E-state index contributed by atoms with van der Waals surface area (Å²) in [5, 5.41) is 11.1. The topological polar surface area (TPSA) is 63.1 Å². The molecular weight excluding hydrogens is 437 g/mol. The van der Waals surface area contributed by atoms with Crippen molar-refractivity contribution >= 4 is 23.1 Å². The highest BCUT2D eigenvalue weighted by Gasteiger charge is 2.32. The fourth-order valence-corrected chi connectivity index (χ4v) is 5.02. The molecule has 2 aromatic rings. The van der Waals surface area contributed by atoms with Crippen LogP contribution in [0.5, 0.6) is 0 Å². The Morgan fingerprint density at radius 3 is 2.19 bits per heavy atom. The highest BCUT2D eigenvalue weighted by atomic mass is 32.2. The van der Waals surface area contributed by atoms with Gasteiger partial charge in [-0.05, 0) is 48.8 Å². The molecule has 1 aromatic heterocycles. The number of thioether (sulfide) groups is 1. The number of aryl methyl sites for hydroxylation is 3. The maximum absolute atomic E-state index is 13.0. The third-order valence-electron chi connectivity index (χ3n) is 5.69. The van der Waals surface area contributed by atoms with Crippen LogP contribution in [0.2, 0.25) is 0 Å². The number of benzene rings is 1. The molecule has 1 aromatic carbocycles. The standard InChI is InChI=1S/C24H27F3N2O2S/c1-4-16-8-14(3)9-17(5-2)21(16)22-19(30)10-15(11-20(22)31)6-7-32-23-28-12-18(13-29-23)24(25,26)27/h8-9,12-13,15,30H,4-7,10-11H2,1-3H3. The fourth-order valence-electron chi connectivity index (χ4n) is 4.14.